The molecule has 0 bridgehead atoms. The summed E-state index contributed by atoms with van der Waals surface area (Å²) < 4.78 is 17.8. The van der Waals surface area contributed by atoms with Gasteiger partial charge in [-0.2, -0.15) is 0 Å². The molecule has 0 spiro atoms. The van der Waals surface area contributed by atoms with E-state index in [2.05, 4.69) is 0 Å². The van der Waals surface area contributed by atoms with Gasteiger partial charge in [-0.3, -0.25) is 0 Å². The predicted octanol–water partition coefficient (Wildman–Crippen LogP) is 3.39. The van der Waals surface area contributed by atoms with Crippen LogP contribution in [0.15, 0.2) is 60.7 Å². The summed E-state index contributed by atoms with van der Waals surface area (Å²) in [5.74, 6) is -0.469. The van der Waals surface area contributed by atoms with Crippen LogP contribution in [-0.2, 0) is 27.1 Å². The van der Waals surface area contributed by atoms with Gasteiger partial charge in [-0.05, 0) is 17.5 Å². The normalized spacial score (nSPS) is 11.7. The third-order valence-corrected chi connectivity index (χ3v) is 4.42. The Hall–Kier alpha value is -1.17. The van der Waals surface area contributed by atoms with Gasteiger partial charge in [0.1, 0.15) is 0 Å². The topological polar surface area (TPSA) is 27.7 Å². The van der Waals surface area contributed by atoms with Gasteiger partial charge in [0.2, 0.25) is 0 Å². The summed E-state index contributed by atoms with van der Waals surface area (Å²) in [6.07, 6.45) is 1.38. The fraction of sp³-hybridized carbons (Fsp3) is 0.333. The van der Waals surface area contributed by atoms with Gasteiger partial charge < -0.3 is 13.9 Å². The van der Waals surface area contributed by atoms with E-state index in [-0.39, 0.29) is 0 Å². The van der Waals surface area contributed by atoms with E-state index in [4.69, 9.17) is 25.5 Å². The fourth-order valence-corrected chi connectivity index (χ4v) is 2.80. The van der Waals surface area contributed by atoms with Crippen molar-refractivity contribution in [2.24, 2.45) is 0 Å². The number of hydrogen-bond acceptors (Lipinski definition) is 3. The van der Waals surface area contributed by atoms with Crippen LogP contribution in [0, 0.1) is 0 Å². The Labute approximate surface area is 146 Å². The Bertz CT molecular complexity index is 507. The summed E-state index contributed by atoms with van der Waals surface area (Å²) in [4.78, 5) is 0. The van der Waals surface area contributed by atoms with E-state index >= 15 is 0 Å². The van der Waals surface area contributed by atoms with Gasteiger partial charge in [0.05, 0.1) is 13.2 Å². The molecular weight excluding hydrogens is 328 g/mol. The first-order valence-corrected chi connectivity index (χ1v) is 9.10. The number of benzene rings is 2. The minimum Gasteiger partial charge on any atom is -0.380 e. The highest BCUT2D eigenvalue weighted by molar-refractivity contribution is 6.17. The minimum absolute atomic E-state index is 0.445. The Morgan fingerprint density at radius 3 is 1.70 bits per heavy atom. The fourth-order valence-electron chi connectivity index (χ4n) is 2.22. The summed E-state index contributed by atoms with van der Waals surface area (Å²) in [6.45, 7) is 0.889. The van der Waals surface area contributed by atoms with E-state index in [0.29, 0.717) is 36.0 Å². The van der Waals surface area contributed by atoms with Gasteiger partial charge in [0.25, 0.3) is 5.97 Å². The highest BCUT2D eigenvalue weighted by atomic mass is 35.5. The number of ether oxygens (including phenoxy) is 2. The van der Waals surface area contributed by atoms with E-state index in [1.807, 2.05) is 60.7 Å². The molecule has 0 aliphatic carbocycles. The standard InChI is InChI=1S/C18H23ClO3Si/c19-13-7-12-18(22-23,20-14-16-8-3-1-4-9-16)21-15-17-10-5-2-6-11-17/h1-6,8-11H,7,12-15H2,23H3. The van der Waals surface area contributed by atoms with Crippen LogP contribution in [0.25, 0.3) is 0 Å². The third kappa shape index (κ3) is 6.09. The summed E-state index contributed by atoms with van der Waals surface area (Å²) in [6, 6.07) is 20.0. The van der Waals surface area contributed by atoms with E-state index in [1.54, 1.807) is 0 Å². The van der Waals surface area contributed by atoms with Gasteiger partial charge in [0, 0.05) is 12.3 Å². The predicted molar refractivity (Wildman–Crippen MR) is 96.2 cm³/mol. The van der Waals surface area contributed by atoms with E-state index in [1.165, 1.54) is 0 Å². The van der Waals surface area contributed by atoms with E-state index in [0.717, 1.165) is 17.5 Å². The van der Waals surface area contributed by atoms with Crippen molar-refractivity contribution in [1.82, 2.24) is 0 Å². The lowest BCUT2D eigenvalue weighted by Gasteiger charge is -2.32. The molecule has 0 atom stereocenters. The number of halogens is 1. The van der Waals surface area contributed by atoms with Crippen molar-refractivity contribution in [2.45, 2.75) is 32.0 Å². The number of rotatable bonds is 10. The van der Waals surface area contributed by atoms with Crippen molar-refractivity contribution in [3.63, 3.8) is 0 Å². The first-order chi connectivity index (χ1) is 11.3. The number of hydrogen-bond donors (Lipinski definition) is 0. The van der Waals surface area contributed by atoms with Crippen molar-refractivity contribution in [3.05, 3.63) is 71.8 Å². The maximum Gasteiger partial charge on any atom is 0.273 e. The lowest BCUT2D eigenvalue weighted by molar-refractivity contribution is -0.356. The molecule has 5 heteroatoms. The zero-order chi connectivity index (χ0) is 16.4. The molecule has 0 aromatic heterocycles. The Morgan fingerprint density at radius 1 is 0.826 bits per heavy atom. The second kappa shape index (κ2) is 9.85. The SMILES string of the molecule is [SiH3]OC(CCCCl)(OCc1ccccc1)OCc1ccccc1. The zero-order valence-corrected chi connectivity index (χ0v) is 16.2. The van der Waals surface area contributed by atoms with Crippen LogP contribution in [-0.4, -0.2) is 22.3 Å². The summed E-state index contributed by atoms with van der Waals surface area (Å²) >= 11 is 5.84. The highest BCUT2D eigenvalue weighted by Gasteiger charge is 2.31. The second-order valence-electron chi connectivity index (χ2n) is 5.23. The third-order valence-electron chi connectivity index (χ3n) is 3.53. The summed E-state index contributed by atoms with van der Waals surface area (Å²) in [5.41, 5.74) is 2.18. The first-order valence-electron chi connectivity index (χ1n) is 7.75. The van der Waals surface area contributed by atoms with Crippen molar-refractivity contribution >= 4 is 22.1 Å². The molecule has 0 aliphatic rings. The van der Waals surface area contributed by atoms with Gasteiger partial charge in [0.15, 0.2) is 10.5 Å². The molecule has 124 valence electrons. The Morgan fingerprint density at radius 2 is 1.30 bits per heavy atom. The van der Waals surface area contributed by atoms with Crippen molar-refractivity contribution < 1.29 is 13.9 Å². The molecule has 0 heterocycles. The average molecular weight is 351 g/mol. The summed E-state index contributed by atoms with van der Waals surface area (Å²) in [5, 5.41) is 0. The molecule has 0 aliphatic heterocycles. The average Bonchev–Trinajstić information content (AvgIpc) is 2.63. The van der Waals surface area contributed by atoms with Crippen LogP contribution in [0.1, 0.15) is 24.0 Å². The van der Waals surface area contributed by atoms with Gasteiger partial charge in [-0.25, -0.2) is 0 Å². The highest BCUT2D eigenvalue weighted by Crippen LogP contribution is 2.25. The molecule has 2 rings (SSSR count). The van der Waals surface area contributed by atoms with Crippen LogP contribution >= 0.6 is 11.6 Å². The zero-order valence-electron chi connectivity index (χ0n) is 13.4. The van der Waals surface area contributed by atoms with Crippen LogP contribution in [0.3, 0.4) is 0 Å². The van der Waals surface area contributed by atoms with Crippen LogP contribution in [0.4, 0.5) is 0 Å². The lowest BCUT2D eigenvalue weighted by Crippen LogP contribution is -2.38. The van der Waals surface area contributed by atoms with Crippen molar-refractivity contribution in [2.75, 3.05) is 5.88 Å². The van der Waals surface area contributed by atoms with Gasteiger partial charge in [-0.1, -0.05) is 60.7 Å². The molecule has 23 heavy (non-hydrogen) atoms. The molecule has 0 fully saturated rings. The van der Waals surface area contributed by atoms with E-state index < -0.39 is 5.97 Å². The molecule has 2 aromatic rings. The maximum absolute atomic E-state index is 6.02. The molecule has 0 radical (unpaired) electrons. The molecule has 3 nitrogen and oxygen atoms in total. The molecule has 2 aromatic carbocycles. The Balaban J connectivity index is 2.01. The maximum atomic E-state index is 6.02. The molecule has 0 unspecified atom stereocenters. The lowest BCUT2D eigenvalue weighted by atomic mass is 10.2. The van der Waals surface area contributed by atoms with Crippen LogP contribution in [0.5, 0.6) is 0 Å². The largest absolute Gasteiger partial charge is 0.380 e. The number of alkyl halides is 1. The minimum atomic E-state index is -1.02. The van der Waals surface area contributed by atoms with Crippen LogP contribution in [0.2, 0.25) is 0 Å². The van der Waals surface area contributed by atoms with E-state index in [9.17, 15) is 0 Å². The van der Waals surface area contributed by atoms with Gasteiger partial charge in [-0.15, -0.1) is 11.6 Å². The first kappa shape index (κ1) is 18.2. The second-order valence-corrected chi connectivity index (χ2v) is 6.01. The monoisotopic (exact) mass is 350 g/mol. The molecule has 0 saturated carbocycles. The smallest absolute Gasteiger partial charge is 0.273 e. The van der Waals surface area contributed by atoms with Crippen molar-refractivity contribution in [1.29, 1.82) is 0 Å². The van der Waals surface area contributed by atoms with Crippen molar-refractivity contribution in [3.8, 4) is 0 Å². The molecular formula is C18H23ClO3Si. The quantitative estimate of drug-likeness (QED) is 0.373. The van der Waals surface area contributed by atoms with Gasteiger partial charge >= 0.3 is 0 Å². The Kier molecular flexibility index (Phi) is 7.78. The molecule has 0 saturated heterocycles. The van der Waals surface area contributed by atoms with Crippen LogP contribution < -0.4 is 0 Å². The molecule has 0 N–H and O–H groups in total. The molecule has 0 amide bonds. The summed E-state index contributed by atoms with van der Waals surface area (Å²) in [7, 11) is 0.523.